The number of aliphatic hydroxyl groups excluding tert-OH is 2. The molecule has 6 atom stereocenters. The number of carboxylic acid groups (broad SMARTS) is 1. The Morgan fingerprint density at radius 2 is 0.779 bits per heavy atom. The van der Waals surface area contributed by atoms with Crippen LogP contribution in [0.5, 0.6) is 0 Å². The number of esters is 3. The molecule has 0 aromatic rings. The fourth-order valence-electron chi connectivity index (χ4n) is 10.0. The van der Waals surface area contributed by atoms with Crippen molar-refractivity contribution in [3.05, 3.63) is 24.3 Å². The minimum atomic E-state index is -1.90. The lowest BCUT2D eigenvalue weighted by molar-refractivity contribution is -0.301. The van der Waals surface area contributed by atoms with Crippen LogP contribution in [0.25, 0.3) is 0 Å². The number of carbonyl (C=O) groups is 4. The van der Waals surface area contributed by atoms with E-state index in [1.165, 1.54) is 173 Å². The van der Waals surface area contributed by atoms with E-state index in [1.807, 2.05) is 0 Å². The van der Waals surface area contributed by atoms with E-state index < -0.39 is 67.3 Å². The van der Waals surface area contributed by atoms with Crippen LogP contribution in [-0.2, 0) is 42.9 Å². The van der Waals surface area contributed by atoms with Crippen LogP contribution in [0.3, 0.4) is 0 Å². The third-order valence-corrected chi connectivity index (χ3v) is 15.0. The van der Waals surface area contributed by atoms with Crippen LogP contribution in [-0.4, -0.2) is 89.2 Å². The molecule has 1 heterocycles. The molecule has 0 spiro atoms. The highest BCUT2D eigenvalue weighted by Crippen LogP contribution is 2.27. The zero-order valence-corrected chi connectivity index (χ0v) is 49.7. The molecule has 3 N–H and O–H groups in total. The second-order valence-corrected chi connectivity index (χ2v) is 22.4. The summed E-state index contributed by atoms with van der Waals surface area (Å²) in [5.41, 5.74) is 0. The summed E-state index contributed by atoms with van der Waals surface area (Å²) in [7, 11) is 0. The van der Waals surface area contributed by atoms with E-state index in [2.05, 4.69) is 45.1 Å². The number of carbonyl (C=O) groups excluding carboxylic acids is 3. The Bertz CT molecular complexity index is 1430. The van der Waals surface area contributed by atoms with Crippen LogP contribution in [0.4, 0.5) is 0 Å². The molecule has 450 valence electrons. The van der Waals surface area contributed by atoms with Gasteiger partial charge in [-0.1, -0.05) is 270 Å². The molecule has 1 rings (SSSR count). The van der Waals surface area contributed by atoms with E-state index in [0.717, 1.165) is 83.5 Å². The lowest BCUT2D eigenvalue weighted by Gasteiger charge is -2.40. The minimum Gasteiger partial charge on any atom is -0.479 e. The summed E-state index contributed by atoms with van der Waals surface area (Å²) in [5.74, 6) is -3.10. The Morgan fingerprint density at radius 1 is 0.429 bits per heavy atom. The van der Waals surface area contributed by atoms with Crippen LogP contribution in [0.1, 0.15) is 316 Å². The zero-order chi connectivity index (χ0) is 56.1. The Labute approximate surface area is 470 Å². The SMILES string of the molecule is CCCCC/C=C\C/C=C\CCCCCCCC(=O)OC1C(OCC(COC(=O)CCCCCCCCCCCCCCCCCCCCC)OC(=O)CCCCCCCCCCCCCCC)OC(C(=O)O)C(O)C1O. The summed E-state index contributed by atoms with van der Waals surface area (Å²) in [6, 6.07) is 0. The molecule has 0 aliphatic carbocycles. The molecule has 0 amide bonds. The lowest BCUT2D eigenvalue weighted by atomic mass is 9.98. The van der Waals surface area contributed by atoms with Gasteiger partial charge in [-0.05, 0) is 51.4 Å². The van der Waals surface area contributed by atoms with Gasteiger partial charge in [-0.2, -0.15) is 0 Å². The number of aliphatic carboxylic acids is 1. The molecule has 1 fully saturated rings. The molecular formula is C65H118O12. The van der Waals surface area contributed by atoms with E-state index in [4.69, 9.17) is 23.7 Å². The molecule has 77 heavy (non-hydrogen) atoms. The molecule has 6 unspecified atom stereocenters. The van der Waals surface area contributed by atoms with Crippen molar-refractivity contribution < 1.29 is 58.2 Å². The molecular weight excluding hydrogens is 973 g/mol. The van der Waals surface area contributed by atoms with Gasteiger partial charge in [0.15, 0.2) is 24.6 Å². The average Bonchev–Trinajstić information content (AvgIpc) is 3.42. The first-order chi connectivity index (χ1) is 37.6. The van der Waals surface area contributed by atoms with Gasteiger partial charge in [0, 0.05) is 19.3 Å². The number of carboxylic acids is 1. The molecule has 1 aliphatic rings. The zero-order valence-electron chi connectivity index (χ0n) is 49.7. The van der Waals surface area contributed by atoms with Crippen LogP contribution >= 0.6 is 0 Å². The number of rotatable bonds is 56. The maximum absolute atomic E-state index is 13.2. The smallest absolute Gasteiger partial charge is 0.335 e. The maximum atomic E-state index is 13.2. The molecule has 0 radical (unpaired) electrons. The minimum absolute atomic E-state index is 0.0494. The van der Waals surface area contributed by atoms with Gasteiger partial charge in [0.2, 0.25) is 0 Å². The summed E-state index contributed by atoms with van der Waals surface area (Å²) in [6.07, 6.45) is 50.0. The molecule has 12 nitrogen and oxygen atoms in total. The largest absolute Gasteiger partial charge is 0.479 e. The predicted octanol–water partition coefficient (Wildman–Crippen LogP) is 17.0. The highest BCUT2D eigenvalue weighted by Gasteiger charge is 2.50. The molecule has 0 bridgehead atoms. The number of hydrogen-bond donors (Lipinski definition) is 3. The topological polar surface area (TPSA) is 175 Å². The Balaban J connectivity index is 2.63. The molecule has 12 heteroatoms. The van der Waals surface area contributed by atoms with Crippen LogP contribution in [0.2, 0.25) is 0 Å². The summed E-state index contributed by atoms with van der Waals surface area (Å²) in [5, 5.41) is 31.5. The lowest BCUT2D eigenvalue weighted by Crippen LogP contribution is -2.61. The van der Waals surface area contributed by atoms with Crippen molar-refractivity contribution in [2.75, 3.05) is 13.2 Å². The van der Waals surface area contributed by atoms with Crippen LogP contribution in [0.15, 0.2) is 24.3 Å². The normalized spacial score (nSPS) is 18.1. The Hall–Kier alpha value is -2.80. The fraction of sp³-hybridized carbons (Fsp3) is 0.877. The first-order valence-electron chi connectivity index (χ1n) is 32.3. The number of hydrogen-bond acceptors (Lipinski definition) is 11. The van der Waals surface area contributed by atoms with Gasteiger partial charge in [0.1, 0.15) is 18.8 Å². The van der Waals surface area contributed by atoms with E-state index >= 15 is 0 Å². The van der Waals surface area contributed by atoms with Gasteiger partial charge < -0.3 is 39.0 Å². The van der Waals surface area contributed by atoms with Gasteiger partial charge in [-0.25, -0.2) is 4.79 Å². The first-order valence-corrected chi connectivity index (χ1v) is 32.3. The number of aliphatic hydroxyl groups is 2. The van der Waals surface area contributed by atoms with Crippen LogP contribution < -0.4 is 0 Å². The van der Waals surface area contributed by atoms with Crippen LogP contribution in [0, 0.1) is 0 Å². The van der Waals surface area contributed by atoms with E-state index in [9.17, 15) is 34.5 Å². The van der Waals surface area contributed by atoms with Crippen molar-refractivity contribution in [3.8, 4) is 0 Å². The third-order valence-electron chi connectivity index (χ3n) is 15.0. The quantitative estimate of drug-likeness (QED) is 0.0228. The van der Waals surface area contributed by atoms with E-state index in [-0.39, 0.29) is 25.9 Å². The number of ether oxygens (including phenoxy) is 5. The second-order valence-electron chi connectivity index (χ2n) is 22.4. The van der Waals surface area contributed by atoms with Crippen molar-refractivity contribution in [2.24, 2.45) is 0 Å². The molecule has 0 saturated carbocycles. The van der Waals surface area contributed by atoms with Gasteiger partial charge in [0.25, 0.3) is 0 Å². The Kier molecular flexibility index (Phi) is 50.5. The Morgan fingerprint density at radius 3 is 1.19 bits per heavy atom. The number of unbranched alkanes of at least 4 members (excludes halogenated alkanes) is 38. The number of allylic oxidation sites excluding steroid dienone is 4. The summed E-state index contributed by atoms with van der Waals surface area (Å²) >= 11 is 0. The van der Waals surface area contributed by atoms with Crippen molar-refractivity contribution >= 4 is 23.9 Å². The second kappa shape index (κ2) is 53.8. The van der Waals surface area contributed by atoms with Crippen molar-refractivity contribution in [1.82, 2.24) is 0 Å². The summed E-state index contributed by atoms with van der Waals surface area (Å²) in [6.45, 7) is 6.01. The highest BCUT2D eigenvalue weighted by atomic mass is 16.7. The highest BCUT2D eigenvalue weighted by molar-refractivity contribution is 5.74. The van der Waals surface area contributed by atoms with E-state index in [1.54, 1.807) is 0 Å². The average molecular weight is 1090 g/mol. The molecule has 0 aromatic carbocycles. The van der Waals surface area contributed by atoms with Crippen molar-refractivity contribution in [1.29, 1.82) is 0 Å². The van der Waals surface area contributed by atoms with Gasteiger partial charge in [-0.3, -0.25) is 14.4 Å². The molecule has 1 saturated heterocycles. The predicted molar refractivity (Wildman–Crippen MR) is 313 cm³/mol. The summed E-state index contributed by atoms with van der Waals surface area (Å²) < 4.78 is 28.5. The van der Waals surface area contributed by atoms with Gasteiger partial charge in [0.05, 0.1) is 6.61 Å². The first kappa shape index (κ1) is 72.2. The fourth-order valence-corrected chi connectivity index (χ4v) is 10.0. The maximum Gasteiger partial charge on any atom is 0.335 e. The van der Waals surface area contributed by atoms with E-state index in [0.29, 0.717) is 19.3 Å². The monoisotopic (exact) mass is 1090 g/mol. The molecule has 0 aromatic heterocycles. The summed E-state index contributed by atoms with van der Waals surface area (Å²) in [4.78, 5) is 51.2. The van der Waals surface area contributed by atoms with Gasteiger partial charge >= 0.3 is 23.9 Å². The molecule has 1 aliphatic heterocycles. The van der Waals surface area contributed by atoms with Gasteiger partial charge in [-0.15, -0.1) is 0 Å². The standard InChI is InChI=1S/C65H118O12/c1-4-7-10-13-16-19-22-25-27-28-29-30-32-34-36-39-42-45-48-51-57(66)73-54-56(75-58(67)52-49-46-43-40-37-33-24-21-18-15-12-9-6-3)55-74-65-63(61(70)60(69)62(77-65)64(71)72)76-59(68)53-50-47-44-41-38-35-31-26-23-20-17-14-11-8-5-2/h17,20,26,31,56,60-63,65,69-70H,4-16,18-19,21-25,27-30,32-55H2,1-3H3,(H,71,72)/b20-17-,31-26-. The van der Waals surface area contributed by atoms with Crippen molar-refractivity contribution in [3.63, 3.8) is 0 Å². The van der Waals surface area contributed by atoms with Crippen molar-refractivity contribution in [2.45, 2.75) is 353 Å². The third kappa shape index (κ3) is 43.7.